The maximum atomic E-state index is 12.5. The quantitative estimate of drug-likeness (QED) is 0.237. The largest absolute Gasteiger partial charge is 0.482 e. The Labute approximate surface area is 210 Å². The Morgan fingerprint density at radius 1 is 1.03 bits per heavy atom. The highest BCUT2D eigenvalue weighted by Crippen LogP contribution is 2.36. The van der Waals surface area contributed by atoms with Gasteiger partial charge < -0.3 is 24.6 Å². The van der Waals surface area contributed by atoms with Gasteiger partial charge in [-0.05, 0) is 57.9 Å². The van der Waals surface area contributed by atoms with E-state index >= 15 is 0 Å². The number of nitrogens with zero attached hydrogens (tertiary/aromatic N) is 1. The van der Waals surface area contributed by atoms with Crippen molar-refractivity contribution in [2.24, 2.45) is 5.10 Å². The number of carboxylic acids is 1. The molecule has 10 nitrogen and oxygen atoms in total. The Bertz CT molecular complexity index is 1080. The van der Waals surface area contributed by atoms with Crippen LogP contribution in [0.15, 0.2) is 53.6 Å². The molecule has 0 saturated carbocycles. The van der Waals surface area contributed by atoms with Gasteiger partial charge in [-0.3, -0.25) is 0 Å². The third-order valence-corrected chi connectivity index (χ3v) is 4.93. The number of hydrazone groups is 1. The number of ether oxygens (including phenoxy) is 3. The van der Waals surface area contributed by atoms with Crippen molar-refractivity contribution in [3.63, 3.8) is 0 Å². The Morgan fingerprint density at radius 3 is 2.28 bits per heavy atom. The van der Waals surface area contributed by atoms with Crippen molar-refractivity contribution >= 4 is 29.9 Å². The summed E-state index contributed by atoms with van der Waals surface area (Å²) in [6, 6.07) is 13.5. The number of benzene rings is 2. The molecule has 1 amide bonds. The van der Waals surface area contributed by atoms with Gasteiger partial charge in [0.2, 0.25) is 0 Å². The van der Waals surface area contributed by atoms with Crippen LogP contribution in [0.3, 0.4) is 0 Å². The number of carbonyl (C=O) groups is 3. The first-order valence-corrected chi connectivity index (χ1v) is 11.5. The first-order valence-electron chi connectivity index (χ1n) is 11.5. The van der Waals surface area contributed by atoms with Crippen molar-refractivity contribution < 1.29 is 33.7 Å². The van der Waals surface area contributed by atoms with Crippen LogP contribution in [-0.4, -0.2) is 48.2 Å². The number of carboxylic acid groups (broad SMARTS) is 1. The van der Waals surface area contributed by atoms with Crippen LogP contribution in [0.2, 0.25) is 0 Å². The molecule has 0 bridgehead atoms. The van der Waals surface area contributed by atoms with Crippen molar-refractivity contribution in [1.29, 1.82) is 0 Å². The summed E-state index contributed by atoms with van der Waals surface area (Å²) in [5.74, 6) is -1.39. The Kier molecular flexibility index (Phi) is 9.83. The molecular weight excluding hydrogens is 466 g/mol. The molecule has 0 aliphatic heterocycles. The lowest BCUT2D eigenvalue weighted by Crippen LogP contribution is -2.43. The van der Waals surface area contributed by atoms with Crippen molar-refractivity contribution in [3.05, 3.63) is 59.7 Å². The van der Waals surface area contributed by atoms with Gasteiger partial charge in [0.25, 0.3) is 0 Å². The van der Waals surface area contributed by atoms with E-state index < -0.39 is 29.2 Å². The summed E-state index contributed by atoms with van der Waals surface area (Å²) < 4.78 is 15.6. The Morgan fingerprint density at radius 2 is 1.69 bits per heavy atom. The lowest BCUT2D eigenvalue weighted by Gasteiger charge is -2.32. The minimum atomic E-state index is -1.53. The van der Waals surface area contributed by atoms with E-state index in [-0.39, 0.29) is 25.4 Å². The fraction of sp³-hybridized carbons (Fsp3) is 0.385. The smallest absolute Gasteiger partial charge is 0.428 e. The normalized spacial score (nSPS) is 12.9. The number of anilines is 1. The number of carbonyl (C=O) groups excluding carboxylic acids is 2. The number of nitrogens with one attached hydrogen (secondary N) is 2. The lowest BCUT2D eigenvalue weighted by atomic mass is 9.86. The molecule has 1 unspecified atom stereocenters. The molecule has 1 atom stereocenters. The van der Waals surface area contributed by atoms with Crippen molar-refractivity contribution in [1.82, 2.24) is 5.43 Å². The van der Waals surface area contributed by atoms with Gasteiger partial charge in [-0.2, -0.15) is 5.10 Å². The molecule has 10 heteroatoms. The van der Waals surface area contributed by atoms with Gasteiger partial charge in [0.15, 0.2) is 12.1 Å². The molecule has 0 aliphatic rings. The zero-order chi connectivity index (χ0) is 26.8. The third-order valence-electron chi connectivity index (χ3n) is 4.93. The minimum Gasteiger partial charge on any atom is -0.482 e. The molecule has 194 valence electrons. The van der Waals surface area contributed by atoms with Crippen LogP contribution >= 0.6 is 0 Å². The summed E-state index contributed by atoms with van der Waals surface area (Å²) in [6.07, 6.45) is 0.955. The van der Waals surface area contributed by atoms with Gasteiger partial charge in [0.1, 0.15) is 11.4 Å². The Balaban J connectivity index is 2.21. The van der Waals surface area contributed by atoms with Gasteiger partial charge in [-0.15, -0.1) is 0 Å². The van der Waals surface area contributed by atoms with Crippen LogP contribution in [0.1, 0.15) is 52.2 Å². The molecule has 3 N–H and O–H groups in total. The van der Waals surface area contributed by atoms with Crippen LogP contribution in [-0.2, 0) is 24.6 Å². The van der Waals surface area contributed by atoms with Gasteiger partial charge >= 0.3 is 18.0 Å². The topological polar surface area (TPSA) is 136 Å². The van der Waals surface area contributed by atoms with Crippen LogP contribution in [0.5, 0.6) is 5.75 Å². The van der Waals surface area contributed by atoms with Gasteiger partial charge in [0.05, 0.1) is 12.8 Å². The van der Waals surface area contributed by atoms with Crippen LogP contribution < -0.4 is 15.5 Å². The number of hydrogen-bond donors (Lipinski definition) is 3. The van der Waals surface area contributed by atoms with Gasteiger partial charge in [0, 0.05) is 11.3 Å². The predicted molar refractivity (Wildman–Crippen MR) is 135 cm³/mol. The first-order chi connectivity index (χ1) is 17.0. The number of para-hydroxylation sites is 1. The van der Waals surface area contributed by atoms with E-state index in [1.165, 1.54) is 6.21 Å². The maximum Gasteiger partial charge on any atom is 0.428 e. The minimum absolute atomic E-state index is 0.186. The first kappa shape index (κ1) is 28.2. The van der Waals surface area contributed by atoms with E-state index in [9.17, 15) is 19.5 Å². The summed E-state index contributed by atoms with van der Waals surface area (Å²) in [5.41, 5.74) is 1.71. The van der Waals surface area contributed by atoms with Gasteiger partial charge in [-0.25, -0.2) is 19.8 Å². The number of hydrogen-bond acceptors (Lipinski definition) is 8. The molecular formula is C26H33N3O7. The second-order valence-corrected chi connectivity index (χ2v) is 8.77. The molecule has 0 radical (unpaired) electrons. The summed E-state index contributed by atoms with van der Waals surface area (Å²) in [5, 5.41) is 17.2. The standard InChI is InChI=1S/C26H33N3O7/c1-6-26(23(31)32,20-10-8-9-11-21(20)35-17-22(30)34-7-2)28-19-14-12-18(13-15-19)16-27-29-24(33)36-25(3,4)5/h8-16,28H,6-7,17H2,1-5H3,(H,29,33)(H,31,32). The van der Waals surface area contributed by atoms with E-state index in [0.29, 0.717) is 16.8 Å². The molecule has 0 aliphatic carbocycles. The molecule has 2 aromatic rings. The van der Waals surface area contributed by atoms with E-state index in [0.717, 1.165) is 0 Å². The van der Waals surface area contributed by atoms with Crippen molar-refractivity contribution in [2.45, 2.75) is 52.2 Å². The lowest BCUT2D eigenvalue weighted by molar-refractivity contribution is -0.145. The van der Waals surface area contributed by atoms with Crippen LogP contribution in [0, 0.1) is 0 Å². The zero-order valence-corrected chi connectivity index (χ0v) is 21.2. The average molecular weight is 500 g/mol. The number of esters is 1. The number of aliphatic carboxylic acids is 1. The molecule has 36 heavy (non-hydrogen) atoms. The summed E-state index contributed by atoms with van der Waals surface area (Å²) >= 11 is 0. The second-order valence-electron chi connectivity index (χ2n) is 8.77. The summed E-state index contributed by atoms with van der Waals surface area (Å²) in [6.45, 7) is 8.57. The molecule has 0 spiro atoms. The fourth-order valence-corrected chi connectivity index (χ4v) is 3.31. The highest BCUT2D eigenvalue weighted by Gasteiger charge is 2.41. The summed E-state index contributed by atoms with van der Waals surface area (Å²) in [4.78, 5) is 36.0. The molecule has 0 saturated heterocycles. The predicted octanol–water partition coefficient (Wildman–Crippen LogP) is 4.29. The number of rotatable bonds is 11. The SMILES string of the molecule is CCOC(=O)COc1ccccc1C(CC)(Nc1ccc(C=NNC(=O)OC(C)(C)C)cc1)C(=O)O. The van der Waals surface area contributed by atoms with E-state index in [2.05, 4.69) is 15.8 Å². The van der Waals surface area contributed by atoms with Crippen molar-refractivity contribution in [3.8, 4) is 5.75 Å². The molecule has 0 fully saturated rings. The molecule has 0 heterocycles. The van der Waals surface area contributed by atoms with Crippen molar-refractivity contribution in [2.75, 3.05) is 18.5 Å². The van der Waals surface area contributed by atoms with E-state index in [1.54, 1.807) is 83.1 Å². The average Bonchev–Trinajstić information content (AvgIpc) is 2.81. The number of amides is 1. The maximum absolute atomic E-state index is 12.5. The monoisotopic (exact) mass is 499 g/mol. The molecule has 0 aromatic heterocycles. The fourth-order valence-electron chi connectivity index (χ4n) is 3.31. The highest BCUT2D eigenvalue weighted by molar-refractivity contribution is 5.86. The molecule has 2 aromatic carbocycles. The van der Waals surface area contributed by atoms with E-state index in [4.69, 9.17) is 14.2 Å². The Hall–Kier alpha value is -4.08. The summed E-state index contributed by atoms with van der Waals surface area (Å²) in [7, 11) is 0. The van der Waals surface area contributed by atoms with Crippen LogP contribution in [0.4, 0.5) is 10.5 Å². The second kappa shape index (κ2) is 12.6. The van der Waals surface area contributed by atoms with Crippen LogP contribution in [0.25, 0.3) is 0 Å². The van der Waals surface area contributed by atoms with Gasteiger partial charge in [-0.1, -0.05) is 37.3 Å². The van der Waals surface area contributed by atoms with E-state index in [1.807, 2.05) is 0 Å². The molecule has 2 rings (SSSR count). The highest BCUT2D eigenvalue weighted by atomic mass is 16.6. The zero-order valence-electron chi connectivity index (χ0n) is 21.2. The third kappa shape index (κ3) is 8.00.